The van der Waals surface area contributed by atoms with Crippen molar-refractivity contribution < 1.29 is 9.84 Å². The van der Waals surface area contributed by atoms with Gasteiger partial charge in [0.15, 0.2) is 5.65 Å². The van der Waals surface area contributed by atoms with Crippen LogP contribution in [0.2, 0.25) is 0 Å². The van der Waals surface area contributed by atoms with E-state index >= 15 is 0 Å². The Hall–Kier alpha value is -2.28. The molecular formula is C21H24N4O2. The molecule has 0 spiro atoms. The van der Waals surface area contributed by atoms with Gasteiger partial charge in [0.05, 0.1) is 24.5 Å². The number of ether oxygens (including phenoxy) is 1. The van der Waals surface area contributed by atoms with Crippen molar-refractivity contribution in [1.82, 2.24) is 19.5 Å². The predicted molar refractivity (Wildman–Crippen MR) is 101 cm³/mol. The van der Waals surface area contributed by atoms with Crippen LogP contribution < -0.4 is 0 Å². The van der Waals surface area contributed by atoms with Gasteiger partial charge in [-0.25, -0.2) is 9.50 Å². The second-order valence-electron chi connectivity index (χ2n) is 7.87. The third kappa shape index (κ3) is 3.04. The van der Waals surface area contributed by atoms with Crippen molar-refractivity contribution in [3.05, 3.63) is 65.6 Å². The number of nitrogens with zero attached hydrogens (tertiary/aromatic N) is 4. The van der Waals surface area contributed by atoms with Crippen LogP contribution >= 0.6 is 0 Å². The third-order valence-electron chi connectivity index (χ3n) is 5.89. The van der Waals surface area contributed by atoms with Crippen molar-refractivity contribution >= 4 is 5.65 Å². The molecule has 0 amide bonds. The normalized spacial score (nSPS) is 28.5. The molecule has 140 valence electrons. The lowest BCUT2D eigenvalue weighted by atomic mass is 9.77. The Morgan fingerprint density at radius 2 is 1.93 bits per heavy atom. The van der Waals surface area contributed by atoms with Crippen LogP contribution in [0.15, 0.2) is 48.8 Å². The summed E-state index contributed by atoms with van der Waals surface area (Å²) in [6, 6.07) is 12.9. The van der Waals surface area contributed by atoms with Gasteiger partial charge in [-0.1, -0.05) is 30.3 Å². The summed E-state index contributed by atoms with van der Waals surface area (Å²) < 4.78 is 7.59. The first-order valence-electron chi connectivity index (χ1n) is 9.53. The van der Waals surface area contributed by atoms with Gasteiger partial charge in [0.1, 0.15) is 0 Å². The lowest BCUT2D eigenvalue weighted by Crippen LogP contribution is -2.60. The average Bonchev–Trinajstić information content (AvgIpc) is 3.03. The molecular weight excluding hydrogens is 340 g/mol. The van der Waals surface area contributed by atoms with Crippen molar-refractivity contribution in [2.45, 2.75) is 44.0 Å². The maximum atomic E-state index is 11.5. The Balaban J connectivity index is 1.43. The number of benzene rings is 1. The molecule has 2 fully saturated rings. The molecule has 0 aliphatic carbocycles. The number of aromatic nitrogens is 3. The highest BCUT2D eigenvalue weighted by atomic mass is 16.5. The molecule has 0 saturated carbocycles. The smallest absolute Gasteiger partial charge is 0.155 e. The van der Waals surface area contributed by atoms with Crippen LogP contribution in [0.5, 0.6) is 0 Å². The predicted octanol–water partition coefficient (Wildman–Crippen LogP) is 2.29. The van der Waals surface area contributed by atoms with Crippen molar-refractivity contribution in [1.29, 1.82) is 0 Å². The second-order valence-corrected chi connectivity index (χ2v) is 7.87. The Morgan fingerprint density at radius 1 is 1.19 bits per heavy atom. The molecule has 1 N–H and O–H groups in total. The molecule has 4 heterocycles. The fourth-order valence-corrected chi connectivity index (χ4v) is 4.57. The molecule has 2 aromatic heterocycles. The zero-order valence-corrected chi connectivity index (χ0v) is 15.5. The van der Waals surface area contributed by atoms with E-state index in [1.165, 1.54) is 5.56 Å². The summed E-state index contributed by atoms with van der Waals surface area (Å²) in [5, 5.41) is 16.0. The molecule has 2 bridgehead atoms. The Kier molecular flexibility index (Phi) is 4.00. The van der Waals surface area contributed by atoms with E-state index in [2.05, 4.69) is 39.2 Å². The number of aliphatic hydroxyl groups is 1. The van der Waals surface area contributed by atoms with Crippen LogP contribution in [0, 0.1) is 6.92 Å². The van der Waals surface area contributed by atoms with Crippen LogP contribution in [0.3, 0.4) is 0 Å². The molecule has 27 heavy (non-hydrogen) atoms. The fourth-order valence-electron chi connectivity index (χ4n) is 4.57. The zero-order chi connectivity index (χ0) is 18.4. The van der Waals surface area contributed by atoms with Crippen molar-refractivity contribution in [2.24, 2.45) is 0 Å². The summed E-state index contributed by atoms with van der Waals surface area (Å²) in [7, 11) is 0. The van der Waals surface area contributed by atoms with Crippen molar-refractivity contribution in [2.75, 3.05) is 13.2 Å². The third-order valence-corrected chi connectivity index (χ3v) is 5.89. The first-order chi connectivity index (χ1) is 13.1. The van der Waals surface area contributed by atoms with E-state index in [1.54, 1.807) is 10.7 Å². The van der Waals surface area contributed by atoms with Crippen LogP contribution in [0.1, 0.15) is 29.7 Å². The SMILES string of the molecule is Cc1cc2ncc(C3(O)CC4COCC(C3)N4Cc3ccccc3)cn2n1. The lowest BCUT2D eigenvalue weighted by Gasteiger charge is -2.51. The highest BCUT2D eigenvalue weighted by molar-refractivity contribution is 5.40. The van der Waals surface area contributed by atoms with Gasteiger partial charge < -0.3 is 9.84 Å². The number of hydrogen-bond acceptors (Lipinski definition) is 5. The molecule has 2 unspecified atom stereocenters. The van der Waals surface area contributed by atoms with E-state index in [0.717, 1.165) is 23.4 Å². The Bertz CT molecular complexity index is 941. The van der Waals surface area contributed by atoms with Crippen LogP contribution in [0.4, 0.5) is 0 Å². The number of piperidine rings is 1. The van der Waals surface area contributed by atoms with Crippen LogP contribution in [-0.2, 0) is 16.9 Å². The maximum absolute atomic E-state index is 11.5. The van der Waals surface area contributed by atoms with Gasteiger partial charge in [0, 0.05) is 42.7 Å². The van der Waals surface area contributed by atoms with E-state index in [0.29, 0.717) is 26.1 Å². The van der Waals surface area contributed by atoms with Gasteiger partial charge in [0.25, 0.3) is 0 Å². The molecule has 2 saturated heterocycles. The first kappa shape index (κ1) is 16.9. The summed E-state index contributed by atoms with van der Waals surface area (Å²) in [6.45, 7) is 4.16. The van der Waals surface area contributed by atoms with Gasteiger partial charge in [-0.3, -0.25) is 4.90 Å². The summed E-state index contributed by atoms with van der Waals surface area (Å²) in [4.78, 5) is 7.00. The van der Waals surface area contributed by atoms with Gasteiger partial charge in [0.2, 0.25) is 0 Å². The number of rotatable bonds is 3. The molecule has 1 aromatic carbocycles. The largest absolute Gasteiger partial charge is 0.385 e. The first-order valence-corrected chi connectivity index (χ1v) is 9.53. The number of hydrogen-bond donors (Lipinski definition) is 1. The molecule has 0 radical (unpaired) electrons. The second kappa shape index (κ2) is 6.41. The molecule has 6 nitrogen and oxygen atoms in total. The van der Waals surface area contributed by atoms with Gasteiger partial charge in [-0.15, -0.1) is 0 Å². The van der Waals surface area contributed by atoms with Gasteiger partial charge >= 0.3 is 0 Å². The number of fused-ring (bicyclic) bond motifs is 3. The van der Waals surface area contributed by atoms with E-state index in [1.807, 2.05) is 25.3 Å². The maximum Gasteiger partial charge on any atom is 0.155 e. The van der Waals surface area contributed by atoms with Crippen LogP contribution in [0.25, 0.3) is 5.65 Å². The standard InChI is InChI=1S/C21H24N4O2/c1-15-7-20-22-10-17(12-25(20)23-15)21(26)8-18-13-27-14-19(9-21)24(18)11-16-5-3-2-4-6-16/h2-7,10,12,18-19,26H,8-9,11,13-14H2,1H3. The molecule has 2 aliphatic rings. The van der Waals surface area contributed by atoms with E-state index in [4.69, 9.17) is 4.74 Å². The van der Waals surface area contributed by atoms with E-state index < -0.39 is 5.60 Å². The summed E-state index contributed by atoms with van der Waals surface area (Å²) in [5.74, 6) is 0. The minimum Gasteiger partial charge on any atom is -0.385 e. The summed E-state index contributed by atoms with van der Waals surface area (Å²) in [6.07, 6.45) is 5.02. The number of aryl methyl sites for hydroxylation is 1. The molecule has 3 aromatic rings. The summed E-state index contributed by atoms with van der Waals surface area (Å²) in [5.41, 5.74) is 2.98. The highest BCUT2D eigenvalue weighted by Gasteiger charge is 2.47. The van der Waals surface area contributed by atoms with E-state index in [-0.39, 0.29) is 12.1 Å². The monoisotopic (exact) mass is 364 g/mol. The molecule has 6 heteroatoms. The summed E-state index contributed by atoms with van der Waals surface area (Å²) >= 11 is 0. The van der Waals surface area contributed by atoms with Crippen LogP contribution in [-0.4, -0.2) is 49.9 Å². The Morgan fingerprint density at radius 3 is 2.67 bits per heavy atom. The lowest BCUT2D eigenvalue weighted by molar-refractivity contribution is -0.149. The molecule has 5 rings (SSSR count). The Labute approximate surface area is 158 Å². The average molecular weight is 364 g/mol. The minimum atomic E-state index is -0.895. The van der Waals surface area contributed by atoms with Gasteiger partial charge in [-0.05, 0) is 25.3 Å². The topological polar surface area (TPSA) is 62.9 Å². The minimum absolute atomic E-state index is 0.192. The van der Waals surface area contributed by atoms with Crippen molar-refractivity contribution in [3.8, 4) is 0 Å². The molecule has 2 atom stereocenters. The van der Waals surface area contributed by atoms with Gasteiger partial charge in [-0.2, -0.15) is 5.10 Å². The fraction of sp³-hybridized carbons (Fsp3) is 0.429. The highest BCUT2D eigenvalue weighted by Crippen LogP contribution is 2.41. The van der Waals surface area contributed by atoms with E-state index in [9.17, 15) is 5.11 Å². The zero-order valence-electron chi connectivity index (χ0n) is 15.5. The number of morpholine rings is 1. The molecule has 2 aliphatic heterocycles. The van der Waals surface area contributed by atoms with Crippen molar-refractivity contribution in [3.63, 3.8) is 0 Å². The quantitative estimate of drug-likeness (QED) is 0.773.